The molecular weight excluding hydrogens is 136 g/mol. The van der Waals surface area contributed by atoms with Crippen molar-refractivity contribution >= 4 is 11.6 Å². The fourth-order valence-corrected chi connectivity index (χ4v) is 0.495. The van der Waals surface area contributed by atoms with Gasteiger partial charge in [0.05, 0.1) is 5.70 Å². The van der Waals surface area contributed by atoms with Gasteiger partial charge >= 0.3 is 0 Å². The highest BCUT2D eigenvalue weighted by Crippen LogP contribution is 2.04. The molecule has 52 valence electrons. The molecule has 3 heteroatoms. The first-order valence-corrected chi connectivity index (χ1v) is 3.09. The van der Waals surface area contributed by atoms with E-state index < -0.39 is 0 Å². The van der Waals surface area contributed by atoms with Gasteiger partial charge in [-0.25, -0.2) is 0 Å². The molecule has 0 heterocycles. The normalized spacial score (nSPS) is 12.7. The molecule has 0 aliphatic heterocycles. The van der Waals surface area contributed by atoms with Gasteiger partial charge in [-0.05, 0) is 12.5 Å². The Balaban J connectivity index is 4.21. The summed E-state index contributed by atoms with van der Waals surface area (Å²) in [5.74, 6) is 0.334. The van der Waals surface area contributed by atoms with Crippen molar-refractivity contribution in [1.82, 2.24) is 0 Å². The quantitative estimate of drug-likeness (QED) is 0.450. The SMILES string of the molecule is C=C(CCl)/C(N)=C(/C)N. The molecule has 0 saturated carbocycles. The Morgan fingerprint density at radius 3 is 2.11 bits per heavy atom. The Hall–Kier alpha value is -0.630. The van der Waals surface area contributed by atoms with E-state index in [-0.39, 0.29) is 0 Å². The van der Waals surface area contributed by atoms with Crippen LogP contribution in [-0.4, -0.2) is 5.88 Å². The lowest BCUT2D eigenvalue weighted by Crippen LogP contribution is -2.09. The molecule has 0 fully saturated rings. The highest BCUT2D eigenvalue weighted by Gasteiger charge is 1.96. The lowest BCUT2D eigenvalue weighted by atomic mass is 10.2. The van der Waals surface area contributed by atoms with E-state index in [0.29, 0.717) is 22.8 Å². The first-order valence-electron chi connectivity index (χ1n) is 2.55. The van der Waals surface area contributed by atoms with E-state index >= 15 is 0 Å². The van der Waals surface area contributed by atoms with Crippen LogP contribution in [0.3, 0.4) is 0 Å². The summed E-state index contributed by atoms with van der Waals surface area (Å²) in [6.07, 6.45) is 0. The fourth-order valence-electron chi connectivity index (χ4n) is 0.351. The molecule has 2 nitrogen and oxygen atoms in total. The smallest absolute Gasteiger partial charge is 0.0540 e. The molecule has 0 saturated heterocycles. The van der Waals surface area contributed by atoms with E-state index in [9.17, 15) is 0 Å². The lowest BCUT2D eigenvalue weighted by molar-refractivity contribution is 1.17. The molecule has 0 atom stereocenters. The molecule has 0 aliphatic carbocycles. The molecule has 4 N–H and O–H groups in total. The maximum atomic E-state index is 5.44. The van der Waals surface area contributed by atoms with E-state index in [1.54, 1.807) is 6.92 Å². The topological polar surface area (TPSA) is 52.0 Å². The summed E-state index contributed by atoms with van der Waals surface area (Å²) in [6.45, 7) is 5.31. The van der Waals surface area contributed by atoms with Crippen molar-refractivity contribution in [2.24, 2.45) is 11.5 Å². The van der Waals surface area contributed by atoms with Gasteiger partial charge < -0.3 is 11.5 Å². The van der Waals surface area contributed by atoms with Crippen LogP contribution in [0.25, 0.3) is 0 Å². The molecule has 0 spiro atoms. The lowest BCUT2D eigenvalue weighted by Gasteiger charge is -2.02. The van der Waals surface area contributed by atoms with Gasteiger partial charge in [-0.3, -0.25) is 0 Å². The van der Waals surface area contributed by atoms with Crippen molar-refractivity contribution in [2.75, 3.05) is 5.88 Å². The molecule has 0 aromatic rings. The summed E-state index contributed by atoms with van der Waals surface area (Å²) in [5, 5.41) is 0. The number of rotatable bonds is 2. The monoisotopic (exact) mass is 146 g/mol. The summed E-state index contributed by atoms with van der Waals surface area (Å²) in [7, 11) is 0. The molecule has 0 aromatic heterocycles. The Bertz CT molecular complexity index is 145. The van der Waals surface area contributed by atoms with Crippen LogP contribution >= 0.6 is 11.6 Å². The number of alkyl halides is 1. The number of allylic oxidation sites excluding steroid dienone is 2. The van der Waals surface area contributed by atoms with E-state index in [1.165, 1.54) is 0 Å². The van der Waals surface area contributed by atoms with Crippen LogP contribution < -0.4 is 11.5 Å². The van der Waals surface area contributed by atoms with Crippen molar-refractivity contribution in [3.63, 3.8) is 0 Å². The summed E-state index contributed by atoms with van der Waals surface area (Å²) in [5.41, 5.74) is 12.5. The molecule has 0 aliphatic rings. The Labute approximate surface area is 60.2 Å². The number of nitrogens with two attached hydrogens (primary N) is 2. The third-order valence-corrected chi connectivity index (χ3v) is 1.29. The van der Waals surface area contributed by atoms with Crippen LogP contribution in [-0.2, 0) is 0 Å². The van der Waals surface area contributed by atoms with Crippen molar-refractivity contribution in [3.8, 4) is 0 Å². The van der Waals surface area contributed by atoms with Crippen LogP contribution in [0.4, 0.5) is 0 Å². The van der Waals surface area contributed by atoms with Gasteiger partial charge in [-0.15, -0.1) is 11.6 Å². The van der Waals surface area contributed by atoms with Crippen molar-refractivity contribution in [2.45, 2.75) is 6.92 Å². The van der Waals surface area contributed by atoms with Gasteiger partial charge in [0.2, 0.25) is 0 Å². The van der Waals surface area contributed by atoms with Gasteiger partial charge in [0, 0.05) is 11.6 Å². The first-order chi connectivity index (χ1) is 4.09. The van der Waals surface area contributed by atoms with Crippen LogP contribution in [0.2, 0.25) is 0 Å². The maximum Gasteiger partial charge on any atom is 0.0540 e. The van der Waals surface area contributed by atoms with E-state index in [0.717, 1.165) is 0 Å². The Morgan fingerprint density at radius 2 is 2.00 bits per heavy atom. The molecule has 0 bridgehead atoms. The highest BCUT2D eigenvalue weighted by atomic mass is 35.5. The zero-order valence-electron chi connectivity index (χ0n) is 5.45. The minimum Gasteiger partial charge on any atom is -0.401 e. The number of hydrogen-bond donors (Lipinski definition) is 2. The molecule has 0 unspecified atom stereocenters. The third-order valence-electron chi connectivity index (χ3n) is 0.967. The predicted molar refractivity (Wildman–Crippen MR) is 40.9 cm³/mol. The molecule has 0 aromatic carbocycles. The van der Waals surface area contributed by atoms with E-state index in [4.69, 9.17) is 23.1 Å². The second-order valence-electron chi connectivity index (χ2n) is 1.83. The maximum absolute atomic E-state index is 5.44. The minimum absolute atomic E-state index is 0.334. The summed E-state index contributed by atoms with van der Waals surface area (Å²) in [6, 6.07) is 0. The average molecular weight is 147 g/mol. The standard InChI is InChI=1S/C6H11ClN2/c1-4(3-7)6(9)5(2)8/h1,3,8-9H2,2H3/b6-5+. The summed E-state index contributed by atoms with van der Waals surface area (Å²) < 4.78 is 0. The van der Waals surface area contributed by atoms with Gasteiger partial charge in [0.1, 0.15) is 0 Å². The molecule has 0 radical (unpaired) electrons. The molecular formula is C6H11ClN2. The fraction of sp³-hybridized carbons (Fsp3) is 0.333. The zero-order valence-corrected chi connectivity index (χ0v) is 6.20. The van der Waals surface area contributed by atoms with Crippen LogP contribution in [0.5, 0.6) is 0 Å². The van der Waals surface area contributed by atoms with E-state index in [1.807, 2.05) is 0 Å². The van der Waals surface area contributed by atoms with Crippen molar-refractivity contribution < 1.29 is 0 Å². The van der Waals surface area contributed by atoms with Crippen molar-refractivity contribution in [3.05, 3.63) is 23.5 Å². The third kappa shape index (κ3) is 2.42. The van der Waals surface area contributed by atoms with Crippen LogP contribution in [0, 0.1) is 0 Å². The number of halogens is 1. The Morgan fingerprint density at radius 1 is 1.56 bits per heavy atom. The second-order valence-corrected chi connectivity index (χ2v) is 2.10. The molecule has 0 amide bonds. The highest BCUT2D eigenvalue weighted by molar-refractivity contribution is 6.19. The molecule has 0 rings (SSSR count). The first kappa shape index (κ1) is 8.37. The van der Waals surface area contributed by atoms with Gasteiger partial charge in [-0.1, -0.05) is 6.58 Å². The Kier molecular flexibility index (Phi) is 3.17. The van der Waals surface area contributed by atoms with Crippen LogP contribution in [0.15, 0.2) is 23.5 Å². The van der Waals surface area contributed by atoms with Gasteiger partial charge in [0.25, 0.3) is 0 Å². The van der Waals surface area contributed by atoms with Crippen molar-refractivity contribution in [1.29, 1.82) is 0 Å². The largest absolute Gasteiger partial charge is 0.401 e. The van der Waals surface area contributed by atoms with Gasteiger partial charge in [-0.2, -0.15) is 0 Å². The summed E-state index contributed by atoms with van der Waals surface area (Å²) >= 11 is 5.42. The average Bonchev–Trinajstić information content (AvgIpc) is 1.84. The molecule has 9 heavy (non-hydrogen) atoms. The van der Waals surface area contributed by atoms with Gasteiger partial charge in [0.15, 0.2) is 0 Å². The second kappa shape index (κ2) is 3.41. The summed E-state index contributed by atoms with van der Waals surface area (Å²) in [4.78, 5) is 0. The number of hydrogen-bond acceptors (Lipinski definition) is 2. The predicted octanol–water partition coefficient (Wildman–Crippen LogP) is 0.930. The van der Waals surface area contributed by atoms with E-state index in [2.05, 4.69) is 6.58 Å². The zero-order chi connectivity index (χ0) is 7.44. The minimum atomic E-state index is 0.334. The van der Waals surface area contributed by atoms with Crippen LogP contribution in [0.1, 0.15) is 6.92 Å².